The van der Waals surface area contributed by atoms with E-state index in [1.54, 1.807) is 17.9 Å². The van der Waals surface area contributed by atoms with Crippen molar-refractivity contribution >= 4 is 12.0 Å². The maximum absolute atomic E-state index is 12.6. The van der Waals surface area contributed by atoms with Gasteiger partial charge >= 0.3 is 6.09 Å². The number of carbonyl (C=O) groups is 2. The number of rotatable bonds is 9. The number of piperazine rings is 1. The van der Waals surface area contributed by atoms with Crippen LogP contribution in [-0.4, -0.2) is 110 Å². The third-order valence-electron chi connectivity index (χ3n) is 9.33. The Labute approximate surface area is 263 Å². The van der Waals surface area contributed by atoms with Gasteiger partial charge in [0.05, 0.1) is 43.2 Å². The number of hydrogen-bond donors (Lipinski definition) is 1. The summed E-state index contributed by atoms with van der Waals surface area (Å²) in [5, 5.41) is 2.90. The van der Waals surface area contributed by atoms with E-state index in [2.05, 4.69) is 49.2 Å². The predicted molar refractivity (Wildman–Crippen MR) is 167 cm³/mol. The summed E-state index contributed by atoms with van der Waals surface area (Å²) in [5.74, 6) is -0.267. The highest BCUT2D eigenvalue weighted by Gasteiger charge is 2.53. The lowest BCUT2D eigenvalue weighted by atomic mass is 9.85. The highest BCUT2D eigenvalue weighted by molar-refractivity contribution is 5.87. The van der Waals surface area contributed by atoms with E-state index in [9.17, 15) is 9.59 Å². The summed E-state index contributed by atoms with van der Waals surface area (Å²) in [5.41, 5.74) is 0.948. The van der Waals surface area contributed by atoms with Crippen molar-refractivity contribution in [2.75, 3.05) is 46.0 Å². The van der Waals surface area contributed by atoms with Gasteiger partial charge in [-0.25, -0.2) is 4.79 Å². The van der Waals surface area contributed by atoms with Crippen LogP contribution in [0.15, 0.2) is 36.0 Å². The number of epoxide rings is 1. The molecule has 1 spiro atoms. The number of allylic oxidation sites excluding steroid dienone is 2. The first kappa shape index (κ1) is 33.1. The lowest BCUT2D eigenvalue weighted by Gasteiger charge is -2.40. The molecule has 0 aromatic carbocycles. The van der Waals surface area contributed by atoms with E-state index in [1.165, 1.54) is 38.2 Å². The van der Waals surface area contributed by atoms with Crippen molar-refractivity contribution in [3.05, 3.63) is 36.0 Å². The van der Waals surface area contributed by atoms with Gasteiger partial charge in [-0.2, -0.15) is 0 Å². The second kappa shape index (κ2) is 14.9. The van der Waals surface area contributed by atoms with Gasteiger partial charge in [0.1, 0.15) is 6.10 Å². The Hall–Kier alpha value is -2.24. The van der Waals surface area contributed by atoms with Crippen LogP contribution in [0.2, 0.25) is 0 Å². The zero-order valence-corrected chi connectivity index (χ0v) is 27.1. The number of hydrogen-bond acceptors (Lipinski definition) is 8. The van der Waals surface area contributed by atoms with E-state index in [0.29, 0.717) is 38.8 Å². The Balaban J connectivity index is 0.949. The molecule has 0 bridgehead atoms. The standard InChI is InChI=1S/C34H53N3O7/c1-25(10-13-29-20-34(24-42-34)23-33(3,4)44-29)11-15-31-40-21-27(22-41-31)35-30(38)14-12-26(2)43-32(39)37-18-16-36(17-19-37)28-8-6-5-7-9-28/h10-14,26-29,31H,5-9,15-24H2,1-4H3,(H,35,38). The van der Waals surface area contributed by atoms with E-state index in [-0.39, 0.29) is 41.6 Å². The van der Waals surface area contributed by atoms with Gasteiger partial charge in [-0.05, 0) is 46.6 Å². The molecule has 5 fully saturated rings. The van der Waals surface area contributed by atoms with E-state index < -0.39 is 6.10 Å². The van der Waals surface area contributed by atoms with Crippen molar-refractivity contribution in [2.24, 2.45) is 0 Å². The van der Waals surface area contributed by atoms with Gasteiger partial charge in [0, 0.05) is 57.6 Å². The monoisotopic (exact) mass is 615 g/mol. The molecular formula is C34H53N3O7. The SMILES string of the molecule is CC(C=CC1CC2(CO2)CC(C)(C)O1)=CCC1OCC(NC(=O)C=CC(C)OC(=O)N2CCN(C3CCCCC3)CC2)CO1. The Kier molecular flexibility index (Phi) is 11.2. The summed E-state index contributed by atoms with van der Waals surface area (Å²) in [4.78, 5) is 29.4. The average molecular weight is 616 g/mol. The van der Waals surface area contributed by atoms with Crippen LogP contribution in [0, 0.1) is 0 Å². The van der Waals surface area contributed by atoms with Gasteiger partial charge in [0.25, 0.3) is 0 Å². The Morgan fingerprint density at radius 3 is 2.43 bits per heavy atom. The highest BCUT2D eigenvalue weighted by atomic mass is 16.7. The molecular weight excluding hydrogens is 562 g/mol. The third kappa shape index (κ3) is 9.88. The molecule has 10 nitrogen and oxygen atoms in total. The number of amides is 2. The van der Waals surface area contributed by atoms with Crippen LogP contribution in [0.4, 0.5) is 4.79 Å². The number of ether oxygens (including phenoxy) is 5. The molecule has 246 valence electrons. The molecule has 1 saturated carbocycles. The molecule has 1 N–H and O–H groups in total. The zero-order valence-electron chi connectivity index (χ0n) is 27.1. The molecule has 5 rings (SSSR count). The van der Waals surface area contributed by atoms with Crippen molar-refractivity contribution in [2.45, 2.75) is 121 Å². The van der Waals surface area contributed by atoms with Crippen molar-refractivity contribution < 1.29 is 33.3 Å². The van der Waals surface area contributed by atoms with Crippen LogP contribution < -0.4 is 5.32 Å². The highest BCUT2D eigenvalue weighted by Crippen LogP contribution is 2.46. The molecule has 5 aliphatic rings. The number of carbonyl (C=O) groups excluding carboxylic acids is 2. The Bertz CT molecular complexity index is 1060. The molecule has 0 aromatic heterocycles. The molecule has 1 aliphatic carbocycles. The fourth-order valence-electron chi connectivity index (χ4n) is 6.97. The number of nitrogens with one attached hydrogen (secondary N) is 1. The van der Waals surface area contributed by atoms with Gasteiger partial charge in [0.2, 0.25) is 5.91 Å². The van der Waals surface area contributed by atoms with Crippen molar-refractivity contribution in [3.63, 3.8) is 0 Å². The first-order valence-corrected chi connectivity index (χ1v) is 16.7. The van der Waals surface area contributed by atoms with E-state index >= 15 is 0 Å². The second-order valence-corrected chi connectivity index (χ2v) is 13.9. The van der Waals surface area contributed by atoms with E-state index in [0.717, 1.165) is 38.1 Å². The van der Waals surface area contributed by atoms with Crippen molar-refractivity contribution in [1.29, 1.82) is 0 Å². The third-order valence-corrected chi connectivity index (χ3v) is 9.33. The normalized spacial score (nSPS) is 32.7. The first-order valence-electron chi connectivity index (χ1n) is 16.7. The molecule has 4 aliphatic heterocycles. The van der Waals surface area contributed by atoms with Gasteiger partial charge in [-0.1, -0.05) is 43.1 Å². The van der Waals surface area contributed by atoms with Crippen LogP contribution in [0.1, 0.15) is 79.1 Å². The minimum absolute atomic E-state index is 0.00875. The van der Waals surface area contributed by atoms with E-state index in [4.69, 9.17) is 23.7 Å². The van der Waals surface area contributed by atoms with Gasteiger partial charge in [-0.15, -0.1) is 0 Å². The molecule has 0 aromatic rings. The quantitative estimate of drug-likeness (QED) is 0.230. The summed E-state index contributed by atoms with van der Waals surface area (Å²) in [7, 11) is 0. The molecule has 10 heteroatoms. The van der Waals surface area contributed by atoms with Gasteiger partial charge in [0.15, 0.2) is 6.29 Å². The molecule has 4 heterocycles. The summed E-state index contributed by atoms with van der Waals surface area (Å²) in [6, 6.07) is 0.429. The Morgan fingerprint density at radius 1 is 1.05 bits per heavy atom. The fraction of sp³-hybridized carbons (Fsp3) is 0.765. The Morgan fingerprint density at radius 2 is 1.75 bits per heavy atom. The average Bonchev–Trinajstić information content (AvgIpc) is 3.75. The lowest BCUT2D eigenvalue weighted by Crippen LogP contribution is -2.52. The number of nitrogens with zero attached hydrogens (tertiary/aromatic N) is 2. The smallest absolute Gasteiger partial charge is 0.410 e. The van der Waals surface area contributed by atoms with Crippen LogP contribution >= 0.6 is 0 Å². The predicted octanol–water partition coefficient (Wildman–Crippen LogP) is 4.49. The molecule has 0 radical (unpaired) electrons. The van der Waals surface area contributed by atoms with Crippen molar-refractivity contribution in [1.82, 2.24) is 15.1 Å². The van der Waals surface area contributed by atoms with E-state index in [1.807, 2.05) is 0 Å². The first-order chi connectivity index (χ1) is 21.1. The van der Waals surface area contributed by atoms with Crippen molar-refractivity contribution in [3.8, 4) is 0 Å². The van der Waals surface area contributed by atoms with Crippen LogP contribution in [0.25, 0.3) is 0 Å². The van der Waals surface area contributed by atoms with Gasteiger partial charge < -0.3 is 33.9 Å². The minimum Gasteiger partial charge on any atom is -0.442 e. The molecule has 44 heavy (non-hydrogen) atoms. The van der Waals surface area contributed by atoms with Crippen LogP contribution in [0.5, 0.6) is 0 Å². The summed E-state index contributed by atoms with van der Waals surface area (Å²) >= 11 is 0. The topological polar surface area (TPSA) is 102 Å². The summed E-state index contributed by atoms with van der Waals surface area (Å²) in [6.45, 7) is 12.8. The maximum Gasteiger partial charge on any atom is 0.410 e. The van der Waals surface area contributed by atoms with Crippen LogP contribution in [0.3, 0.4) is 0 Å². The molecule has 4 saturated heterocycles. The fourth-order valence-corrected chi connectivity index (χ4v) is 6.97. The molecule has 3 unspecified atom stereocenters. The molecule has 2 amide bonds. The second-order valence-electron chi connectivity index (χ2n) is 13.9. The lowest BCUT2D eigenvalue weighted by molar-refractivity contribution is -0.187. The summed E-state index contributed by atoms with van der Waals surface area (Å²) < 4.78 is 29.2. The zero-order chi connectivity index (χ0) is 31.2. The molecule has 3 atom stereocenters. The summed E-state index contributed by atoms with van der Waals surface area (Å²) in [6.07, 6.45) is 17.2. The van der Waals surface area contributed by atoms with Gasteiger partial charge in [-0.3, -0.25) is 9.69 Å². The maximum atomic E-state index is 12.6. The minimum atomic E-state index is -0.503. The van der Waals surface area contributed by atoms with Crippen LogP contribution in [-0.2, 0) is 28.5 Å². The largest absolute Gasteiger partial charge is 0.442 e.